The van der Waals surface area contributed by atoms with Crippen molar-refractivity contribution < 1.29 is 4.42 Å². The van der Waals surface area contributed by atoms with Crippen LogP contribution in [0.25, 0.3) is 88.1 Å². The van der Waals surface area contributed by atoms with E-state index in [2.05, 4.69) is 232 Å². The normalized spacial score (nSPS) is 15.5. The van der Waals surface area contributed by atoms with E-state index >= 15 is 0 Å². The lowest BCUT2D eigenvalue weighted by Gasteiger charge is -2.33. The first kappa shape index (κ1) is 35.6. The van der Waals surface area contributed by atoms with E-state index in [4.69, 9.17) is 9.41 Å². The molecule has 63 heavy (non-hydrogen) atoms. The molecule has 12 aromatic rings. The van der Waals surface area contributed by atoms with E-state index in [0.29, 0.717) is 0 Å². The third-order valence-corrected chi connectivity index (χ3v) is 12.8. The maximum Gasteiger partial charge on any atom is 0.136 e. The lowest BCUT2D eigenvalue weighted by atomic mass is 9.96. The molecule has 0 saturated heterocycles. The SMILES string of the molecule is c1ccc(C2=NC(c3ccccc3-n3c4ccccc4c4ccc5c6ccccc6n(-c6ccccc6)c5c43)NC(c3cccc4oc5cccc(-c6ccccc6)c5c34)N2)cc1. The predicted octanol–water partition coefficient (Wildman–Crippen LogP) is 13.8. The van der Waals surface area contributed by atoms with Crippen LogP contribution in [0.1, 0.15) is 29.0 Å². The number of aliphatic imine (C=N–C) groups is 1. The topological polar surface area (TPSA) is 59.4 Å². The number of hydrogen-bond acceptors (Lipinski definition) is 4. The number of rotatable bonds is 6. The monoisotopic (exact) mass is 809 g/mol. The van der Waals surface area contributed by atoms with Crippen LogP contribution >= 0.6 is 0 Å². The van der Waals surface area contributed by atoms with Crippen LogP contribution in [-0.2, 0) is 0 Å². The summed E-state index contributed by atoms with van der Waals surface area (Å²) in [6.07, 6.45) is -0.755. The van der Waals surface area contributed by atoms with Gasteiger partial charge in [-0.05, 0) is 53.6 Å². The minimum atomic E-state index is -0.430. The van der Waals surface area contributed by atoms with E-state index in [1.165, 1.54) is 32.6 Å². The maximum atomic E-state index is 6.63. The van der Waals surface area contributed by atoms with Gasteiger partial charge in [0.25, 0.3) is 0 Å². The quantitative estimate of drug-likeness (QED) is 0.176. The molecule has 0 bridgehead atoms. The van der Waals surface area contributed by atoms with E-state index in [9.17, 15) is 0 Å². The van der Waals surface area contributed by atoms with E-state index < -0.39 is 6.17 Å². The van der Waals surface area contributed by atoms with Crippen molar-refractivity contribution in [1.29, 1.82) is 0 Å². The second-order valence-electron chi connectivity index (χ2n) is 16.3. The van der Waals surface area contributed by atoms with Crippen LogP contribution in [0, 0.1) is 0 Å². The highest BCUT2D eigenvalue weighted by atomic mass is 16.3. The highest BCUT2D eigenvalue weighted by Gasteiger charge is 2.31. The molecule has 298 valence electrons. The van der Waals surface area contributed by atoms with Gasteiger partial charge in [0, 0.05) is 54.7 Å². The zero-order chi connectivity index (χ0) is 41.4. The smallest absolute Gasteiger partial charge is 0.136 e. The molecule has 4 heterocycles. The van der Waals surface area contributed by atoms with Gasteiger partial charge in [0.1, 0.15) is 29.3 Å². The first-order valence-electron chi connectivity index (χ1n) is 21.5. The Kier molecular flexibility index (Phi) is 8.01. The number of hydrogen-bond donors (Lipinski definition) is 2. The summed E-state index contributed by atoms with van der Waals surface area (Å²) in [5, 5.41) is 14.9. The Bertz CT molecular complexity index is 3750. The van der Waals surface area contributed by atoms with Crippen LogP contribution in [0.2, 0.25) is 0 Å². The molecule has 9 aromatic carbocycles. The van der Waals surface area contributed by atoms with Crippen LogP contribution < -0.4 is 10.6 Å². The molecule has 0 saturated carbocycles. The summed E-state index contributed by atoms with van der Waals surface area (Å²) in [6.45, 7) is 0. The Balaban J connectivity index is 1.06. The van der Waals surface area contributed by atoms with Crippen LogP contribution in [0.3, 0.4) is 0 Å². The van der Waals surface area contributed by atoms with Gasteiger partial charge in [-0.3, -0.25) is 5.32 Å². The fourth-order valence-electron chi connectivity index (χ4n) is 10.1. The largest absolute Gasteiger partial charge is 0.456 e. The van der Waals surface area contributed by atoms with E-state index in [1.54, 1.807) is 0 Å². The summed E-state index contributed by atoms with van der Waals surface area (Å²) in [7, 11) is 0. The van der Waals surface area contributed by atoms with E-state index in [1.807, 2.05) is 0 Å². The van der Waals surface area contributed by atoms with E-state index in [0.717, 1.165) is 78.0 Å². The third kappa shape index (κ3) is 5.52. The van der Waals surface area contributed by atoms with Crippen LogP contribution in [0.15, 0.2) is 222 Å². The standard InChI is InChI=1S/C57H39N5O/c1-4-18-36(19-5-1)39-27-16-32-49-51(39)52-45(28-17-33-50(52)63-49)57-59-55(37-20-6-2-7-21-37)58-56(60-57)44-26-12-15-31-48(44)62-47-30-14-11-25-41(47)43-35-34-42-40-24-10-13-29-46(40)61(53(42)54(43)62)38-22-8-3-9-23-38/h1-35,56-57,60H,(H,58,59). The number of nitrogens with one attached hydrogen (secondary N) is 2. The zero-order valence-electron chi connectivity index (χ0n) is 34.1. The fraction of sp³-hybridized carbons (Fsp3) is 0.0351. The molecule has 0 amide bonds. The molecule has 2 N–H and O–H groups in total. The van der Waals surface area contributed by atoms with Crippen molar-refractivity contribution in [2.45, 2.75) is 12.3 Å². The molecule has 6 nitrogen and oxygen atoms in total. The van der Waals surface area contributed by atoms with Gasteiger partial charge in [-0.2, -0.15) is 0 Å². The third-order valence-electron chi connectivity index (χ3n) is 12.8. The summed E-state index contributed by atoms with van der Waals surface area (Å²) in [6, 6.07) is 75.5. The molecule has 2 unspecified atom stereocenters. The molecule has 0 fully saturated rings. The van der Waals surface area contributed by atoms with Gasteiger partial charge in [0.15, 0.2) is 0 Å². The first-order chi connectivity index (χ1) is 31.3. The van der Waals surface area contributed by atoms with Crippen molar-refractivity contribution in [3.63, 3.8) is 0 Å². The highest BCUT2D eigenvalue weighted by molar-refractivity contribution is 6.24. The molecular formula is C57H39N5O. The molecule has 1 aliphatic heterocycles. The van der Waals surface area contributed by atoms with Gasteiger partial charge >= 0.3 is 0 Å². The number of fused-ring (bicyclic) bond motifs is 10. The highest BCUT2D eigenvalue weighted by Crippen LogP contribution is 2.44. The van der Waals surface area contributed by atoms with Crippen LogP contribution in [0.4, 0.5) is 0 Å². The van der Waals surface area contributed by atoms with Gasteiger partial charge in [-0.1, -0.05) is 170 Å². The lowest BCUT2D eigenvalue weighted by molar-refractivity contribution is 0.410. The number of nitrogens with zero attached hydrogens (tertiary/aromatic N) is 3. The molecule has 0 radical (unpaired) electrons. The van der Waals surface area contributed by atoms with Crippen molar-refractivity contribution in [1.82, 2.24) is 19.8 Å². The Labute approximate surface area is 363 Å². The first-order valence-corrected chi connectivity index (χ1v) is 21.5. The minimum absolute atomic E-state index is 0.324. The second-order valence-corrected chi connectivity index (χ2v) is 16.3. The minimum Gasteiger partial charge on any atom is -0.456 e. The van der Waals surface area contributed by atoms with Gasteiger partial charge < -0.3 is 18.9 Å². The zero-order valence-corrected chi connectivity index (χ0v) is 34.1. The Morgan fingerprint density at radius 2 is 0.984 bits per heavy atom. The molecule has 13 rings (SSSR count). The second kappa shape index (κ2) is 14.2. The van der Waals surface area contributed by atoms with Gasteiger partial charge in [0.2, 0.25) is 0 Å². The summed E-state index contributed by atoms with van der Waals surface area (Å²) >= 11 is 0. The van der Waals surface area contributed by atoms with Crippen molar-refractivity contribution in [3.05, 3.63) is 229 Å². The van der Waals surface area contributed by atoms with Crippen molar-refractivity contribution >= 4 is 71.4 Å². The lowest BCUT2D eigenvalue weighted by Crippen LogP contribution is -2.45. The Hall–Kier alpha value is -8.19. The molecule has 3 aromatic heterocycles. The molecule has 2 atom stereocenters. The number of aromatic nitrogens is 2. The molecule has 0 aliphatic carbocycles. The average molecular weight is 810 g/mol. The van der Waals surface area contributed by atoms with Gasteiger partial charge in [-0.15, -0.1) is 0 Å². The number of furan rings is 1. The Morgan fingerprint density at radius 3 is 1.71 bits per heavy atom. The molecular weight excluding hydrogens is 771 g/mol. The number of para-hydroxylation sites is 4. The summed E-state index contributed by atoms with van der Waals surface area (Å²) in [4.78, 5) is 5.54. The molecule has 1 aliphatic rings. The maximum absolute atomic E-state index is 6.63. The molecule has 6 heteroatoms. The summed E-state index contributed by atoms with van der Waals surface area (Å²) in [5.74, 6) is 0.820. The predicted molar refractivity (Wildman–Crippen MR) is 259 cm³/mol. The van der Waals surface area contributed by atoms with Gasteiger partial charge in [0.05, 0.1) is 27.8 Å². The van der Waals surface area contributed by atoms with E-state index in [-0.39, 0.29) is 6.17 Å². The summed E-state index contributed by atoms with van der Waals surface area (Å²) < 4.78 is 11.5. The van der Waals surface area contributed by atoms with Crippen molar-refractivity contribution in [2.75, 3.05) is 0 Å². The van der Waals surface area contributed by atoms with Crippen molar-refractivity contribution in [3.8, 4) is 22.5 Å². The number of amidine groups is 1. The summed E-state index contributed by atoms with van der Waals surface area (Å²) in [5.41, 5.74) is 14.0. The van der Waals surface area contributed by atoms with Crippen molar-refractivity contribution in [2.24, 2.45) is 4.99 Å². The fourth-order valence-corrected chi connectivity index (χ4v) is 10.1. The number of benzene rings is 9. The Morgan fingerprint density at radius 1 is 0.429 bits per heavy atom. The van der Waals surface area contributed by atoms with Gasteiger partial charge in [-0.25, -0.2) is 4.99 Å². The van der Waals surface area contributed by atoms with Crippen LogP contribution in [-0.4, -0.2) is 15.0 Å². The molecule has 0 spiro atoms. The van der Waals surface area contributed by atoms with Crippen LogP contribution in [0.5, 0.6) is 0 Å². The average Bonchev–Trinajstić information content (AvgIpc) is 4.03.